The SMILES string of the molecule is N#CC(Cc1ccco1)C(=O)c1ccccc1. The Bertz CT molecular complexity index is 523. The van der Waals surface area contributed by atoms with Crippen molar-refractivity contribution < 1.29 is 9.21 Å². The van der Waals surface area contributed by atoms with Gasteiger partial charge in [0, 0.05) is 12.0 Å². The normalized spacial score (nSPS) is 11.7. The van der Waals surface area contributed by atoms with Crippen LogP contribution in [0.3, 0.4) is 0 Å². The van der Waals surface area contributed by atoms with Crippen molar-refractivity contribution in [3.05, 3.63) is 60.1 Å². The second kappa shape index (κ2) is 5.13. The molecule has 0 spiro atoms. The molecule has 1 heterocycles. The summed E-state index contributed by atoms with van der Waals surface area (Å²) in [6.07, 6.45) is 1.86. The van der Waals surface area contributed by atoms with Gasteiger partial charge in [0.05, 0.1) is 12.3 Å². The molecule has 1 unspecified atom stereocenters. The number of nitriles is 1. The first-order chi connectivity index (χ1) is 8.31. The van der Waals surface area contributed by atoms with E-state index < -0.39 is 5.92 Å². The van der Waals surface area contributed by atoms with Crippen LogP contribution < -0.4 is 0 Å². The van der Waals surface area contributed by atoms with Gasteiger partial charge in [-0.15, -0.1) is 0 Å². The summed E-state index contributed by atoms with van der Waals surface area (Å²) in [5.41, 5.74) is 0.561. The van der Waals surface area contributed by atoms with Crippen molar-refractivity contribution >= 4 is 5.78 Å². The van der Waals surface area contributed by atoms with Crippen LogP contribution in [0, 0.1) is 17.2 Å². The number of nitrogens with zero attached hydrogens (tertiary/aromatic N) is 1. The lowest BCUT2D eigenvalue weighted by Crippen LogP contribution is -2.15. The van der Waals surface area contributed by atoms with Crippen LogP contribution in [0.1, 0.15) is 16.1 Å². The fourth-order valence-corrected chi connectivity index (χ4v) is 1.63. The molecule has 0 aliphatic rings. The molecule has 0 bridgehead atoms. The maximum absolute atomic E-state index is 12.0. The van der Waals surface area contributed by atoms with Crippen molar-refractivity contribution in [2.24, 2.45) is 5.92 Å². The lowest BCUT2D eigenvalue weighted by molar-refractivity contribution is 0.0945. The Labute approximate surface area is 99.3 Å². The predicted molar refractivity (Wildman–Crippen MR) is 62.3 cm³/mol. The van der Waals surface area contributed by atoms with Gasteiger partial charge in [0.25, 0.3) is 0 Å². The Balaban J connectivity index is 2.15. The Kier molecular flexibility index (Phi) is 3.37. The van der Waals surface area contributed by atoms with E-state index in [0.717, 1.165) is 0 Å². The number of carbonyl (C=O) groups excluding carboxylic acids is 1. The second-order valence-electron chi connectivity index (χ2n) is 3.70. The predicted octanol–water partition coefficient (Wildman–Crippen LogP) is 2.84. The highest BCUT2D eigenvalue weighted by molar-refractivity contribution is 5.99. The zero-order valence-corrected chi connectivity index (χ0v) is 9.17. The highest BCUT2D eigenvalue weighted by Gasteiger charge is 2.20. The number of furan rings is 1. The van der Waals surface area contributed by atoms with Gasteiger partial charge in [-0.3, -0.25) is 4.79 Å². The number of rotatable bonds is 4. The average Bonchev–Trinajstić information content (AvgIpc) is 2.89. The van der Waals surface area contributed by atoms with E-state index in [9.17, 15) is 4.79 Å². The van der Waals surface area contributed by atoms with Gasteiger partial charge < -0.3 is 4.42 Å². The van der Waals surface area contributed by atoms with E-state index in [1.165, 1.54) is 6.26 Å². The maximum atomic E-state index is 12.0. The monoisotopic (exact) mass is 225 g/mol. The minimum Gasteiger partial charge on any atom is -0.469 e. The smallest absolute Gasteiger partial charge is 0.180 e. The first kappa shape index (κ1) is 11.2. The molecular formula is C14H11NO2. The molecule has 1 atom stereocenters. The standard InChI is InChI=1S/C14H11NO2/c15-10-12(9-13-7-4-8-17-13)14(16)11-5-2-1-3-6-11/h1-8,12H,9H2. The Hall–Kier alpha value is -2.34. The van der Waals surface area contributed by atoms with E-state index in [1.54, 1.807) is 36.4 Å². The molecule has 3 nitrogen and oxygen atoms in total. The van der Waals surface area contributed by atoms with Gasteiger partial charge in [-0.05, 0) is 12.1 Å². The van der Waals surface area contributed by atoms with Gasteiger partial charge in [0.2, 0.25) is 0 Å². The molecule has 1 aromatic carbocycles. The van der Waals surface area contributed by atoms with Gasteiger partial charge in [0.15, 0.2) is 5.78 Å². The largest absolute Gasteiger partial charge is 0.469 e. The van der Waals surface area contributed by atoms with E-state index in [2.05, 4.69) is 0 Å². The molecule has 0 aliphatic carbocycles. The van der Waals surface area contributed by atoms with Gasteiger partial charge in [-0.2, -0.15) is 5.26 Å². The summed E-state index contributed by atoms with van der Waals surface area (Å²) in [6.45, 7) is 0. The Morgan fingerprint density at radius 1 is 1.24 bits per heavy atom. The minimum absolute atomic E-state index is 0.162. The molecule has 3 heteroatoms. The molecule has 0 radical (unpaired) electrons. The summed E-state index contributed by atoms with van der Waals surface area (Å²) >= 11 is 0. The third-order valence-electron chi connectivity index (χ3n) is 2.52. The van der Waals surface area contributed by atoms with E-state index in [4.69, 9.17) is 9.68 Å². The van der Waals surface area contributed by atoms with Gasteiger partial charge in [0.1, 0.15) is 11.7 Å². The van der Waals surface area contributed by atoms with Crippen LogP contribution in [0.25, 0.3) is 0 Å². The van der Waals surface area contributed by atoms with Gasteiger partial charge in [-0.1, -0.05) is 30.3 Å². The van der Waals surface area contributed by atoms with Crippen molar-refractivity contribution in [2.75, 3.05) is 0 Å². The number of hydrogen-bond donors (Lipinski definition) is 0. The van der Waals surface area contributed by atoms with Crippen molar-refractivity contribution in [1.29, 1.82) is 5.26 Å². The minimum atomic E-state index is -0.691. The van der Waals surface area contributed by atoms with E-state index in [0.29, 0.717) is 17.7 Å². The zero-order valence-electron chi connectivity index (χ0n) is 9.17. The molecule has 0 saturated carbocycles. The molecule has 1 aromatic heterocycles. The third-order valence-corrected chi connectivity index (χ3v) is 2.52. The quantitative estimate of drug-likeness (QED) is 0.752. The van der Waals surface area contributed by atoms with Crippen LogP contribution in [-0.2, 0) is 6.42 Å². The zero-order chi connectivity index (χ0) is 12.1. The average molecular weight is 225 g/mol. The molecule has 2 rings (SSSR count). The highest BCUT2D eigenvalue weighted by atomic mass is 16.3. The van der Waals surface area contributed by atoms with Crippen molar-refractivity contribution in [3.8, 4) is 6.07 Å². The van der Waals surface area contributed by atoms with E-state index >= 15 is 0 Å². The number of ketones is 1. The molecule has 0 fully saturated rings. The van der Waals surface area contributed by atoms with Crippen molar-refractivity contribution in [2.45, 2.75) is 6.42 Å². The molecule has 0 aliphatic heterocycles. The summed E-state index contributed by atoms with van der Waals surface area (Å²) in [5, 5.41) is 9.04. The first-order valence-corrected chi connectivity index (χ1v) is 5.32. The van der Waals surface area contributed by atoms with Crippen molar-refractivity contribution in [1.82, 2.24) is 0 Å². The summed E-state index contributed by atoms with van der Waals surface area (Å²) in [6, 6.07) is 14.4. The topological polar surface area (TPSA) is 54.0 Å². The summed E-state index contributed by atoms with van der Waals surface area (Å²) in [7, 11) is 0. The Morgan fingerprint density at radius 3 is 2.59 bits per heavy atom. The molecule has 2 aromatic rings. The lowest BCUT2D eigenvalue weighted by atomic mass is 9.95. The summed E-state index contributed by atoms with van der Waals surface area (Å²) in [4.78, 5) is 12.0. The lowest BCUT2D eigenvalue weighted by Gasteiger charge is -2.06. The number of Topliss-reactive ketones (excluding diaryl/α,β-unsaturated/α-hetero) is 1. The van der Waals surface area contributed by atoms with E-state index in [-0.39, 0.29) is 5.78 Å². The summed E-state index contributed by atoms with van der Waals surface area (Å²) < 4.78 is 5.15. The van der Waals surface area contributed by atoms with E-state index in [1.807, 2.05) is 12.1 Å². The van der Waals surface area contributed by atoms with Crippen LogP contribution in [0.5, 0.6) is 0 Å². The second-order valence-corrected chi connectivity index (χ2v) is 3.70. The van der Waals surface area contributed by atoms with Crippen LogP contribution >= 0.6 is 0 Å². The van der Waals surface area contributed by atoms with Crippen LogP contribution in [0.2, 0.25) is 0 Å². The van der Waals surface area contributed by atoms with Crippen molar-refractivity contribution in [3.63, 3.8) is 0 Å². The number of carbonyl (C=O) groups is 1. The van der Waals surface area contributed by atoms with Gasteiger partial charge >= 0.3 is 0 Å². The highest BCUT2D eigenvalue weighted by Crippen LogP contribution is 2.14. The number of hydrogen-bond acceptors (Lipinski definition) is 3. The maximum Gasteiger partial charge on any atom is 0.180 e. The van der Waals surface area contributed by atoms with Gasteiger partial charge in [-0.25, -0.2) is 0 Å². The Morgan fingerprint density at radius 2 is 2.00 bits per heavy atom. The first-order valence-electron chi connectivity index (χ1n) is 5.32. The fourth-order valence-electron chi connectivity index (χ4n) is 1.63. The fraction of sp³-hybridized carbons (Fsp3) is 0.143. The molecule has 0 N–H and O–H groups in total. The van der Waals surface area contributed by atoms with Crippen LogP contribution in [0.4, 0.5) is 0 Å². The molecular weight excluding hydrogens is 214 g/mol. The molecule has 0 amide bonds. The molecule has 84 valence electrons. The van der Waals surface area contributed by atoms with Crippen LogP contribution in [-0.4, -0.2) is 5.78 Å². The van der Waals surface area contributed by atoms with Crippen LogP contribution in [0.15, 0.2) is 53.1 Å². The molecule has 17 heavy (non-hydrogen) atoms. The molecule has 0 saturated heterocycles. The summed E-state index contributed by atoms with van der Waals surface area (Å²) in [5.74, 6) is -0.200. The third kappa shape index (κ3) is 2.61. The number of benzene rings is 1.